The molecule has 0 fully saturated rings. The molecule has 0 radical (unpaired) electrons. The van der Waals surface area contributed by atoms with Gasteiger partial charge in [0.1, 0.15) is 12.4 Å². The van der Waals surface area contributed by atoms with E-state index in [0.29, 0.717) is 12.4 Å². The lowest BCUT2D eigenvalue weighted by Crippen LogP contribution is -1.99. The Bertz CT molecular complexity index is 984. The quantitative estimate of drug-likeness (QED) is 0.269. The first-order chi connectivity index (χ1) is 13.1. The van der Waals surface area contributed by atoms with Crippen molar-refractivity contribution >= 4 is 17.5 Å². The molecule has 3 rings (SSSR count). The number of pyridine rings is 1. The normalized spacial score (nSPS) is 10.7. The van der Waals surface area contributed by atoms with Crippen LogP contribution in [0.2, 0.25) is 0 Å². The zero-order valence-corrected chi connectivity index (χ0v) is 14.3. The number of hydrogen-bond acceptors (Lipinski definition) is 5. The predicted molar refractivity (Wildman–Crippen MR) is 101 cm³/mol. The Morgan fingerprint density at radius 1 is 1.07 bits per heavy atom. The molecule has 1 aromatic heterocycles. The van der Waals surface area contributed by atoms with Crippen molar-refractivity contribution in [2.75, 3.05) is 0 Å². The molecule has 0 aliphatic carbocycles. The van der Waals surface area contributed by atoms with Gasteiger partial charge < -0.3 is 4.74 Å². The van der Waals surface area contributed by atoms with Crippen LogP contribution >= 0.6 is 0 Å². The molecule has 6 nitrogen and oxygen atoms in total. The van der Waals surface area contributed by atoms with Crippen LogP contribution in [-0.2, 0) is 6.61 Å². The van der Waals surface area contributed by atoms with Crippen molar-refractivity contribution in [2.45, 2.75) is 6.61 Å². The third-order valence-corrected chi connectivity index (χ3v) is 3.78. The van der Waals surface area contributed by atoms with Crippen LogP contribution in [0.15, 0.2) is 79.0 Å². The van der Waals surface area contributed by atoms with Crippen molar-refractivity contribution in [3.8, 4) is 5.75 Å². The number of nitro groups is 1. The molecule has 0 saturated heterocycles. The number of carbonyl (C=O) groups excluding carboxylic acids is 1. The zero-order chi connectivity index (χ0) is 19.1. The summed E-state index contributed by atoms with van der Waals surface area (Å²) >= 11 is 0. The number of aromatic nitrogens is 1. The maximum atomic E-state index is 12.3. The van der Waals surface area contributed by atoms with E-state index < -0.39 is 4.92 Å². The van der Waals surface area contributed by atoms with Crippen LogP contribution in [0.3, 0.4) is 0 Å². The third-order valence-electron chi connectivity index (χ3n) is 3.78. The summed E-state index contributed by atoms with van der Waals surface area (Å²) in [5.41, 5.74) is 1.66. The van der Waals surface area contributed by atoms with Gasteiger partial charge in [0.25, 0.3) is 5.69 Å². The number of nitro benzene ring substituents is 1. The van der Waals surface area contributed by atoms with E-state index in [9.17, 15) is 14.9 Å². The summed E-state index contributed by atoms with van der Waals surface area (Å²) in [4.78, 5) is 26.8. The number of nitrogens with zero attached hydrogens (tertiary/aromatic N) is 2. The van der Waals surface area contributed by atoms with E-state index in [4.69, 9.17) is 4.74 Å². The van der Waals surface area contributed by atoms with Crippen LogP contribution in [-0.4, -0.2) is 15.7 Å². The molecule has 3 aromatic rings. The van der Waals surface area contributed by atoms with Gasteiger partial charge in [0.15, 0.2) is 5.78 Å². The van der Waals surface area contributed by atoms with Gasteiger partial charge in [0.2, 0.25) is 0 Å². The van der Waals surface area contributed by atoms with Gasteiger partial charge in [0.05, 0.1) is 10.6 Å². The molecule has 1 heterocycles. The van der Waals surface area contributed by atoms with Crippen LogP contribution in [0.1, 0.15) is 21.6 Å². The number of carbonyl (C=O) groups is 1. The summed E-state index contributed by atoms with van der Waals surface area (Å²) in [6.07, 6.45) is 4.71. The van der Waals surface area contributed by atoms with Crippen molar-refractivity contribution in [1.29, 1.82) is 0 Å². The highest BCUT2D eigenvalue weighted by Gasteiger charge is 2.09. The van der Waals surface area contributed by atoms with Gasteiger partial charge in [-0.25, -0.2) is 0 Å². The van der Waals surface area contributed by atoms with E-state index in [2.05, 4.69) is 4.98 Å². The average molecular weight is 360 g/mol. The number of para-hydroxylation sites is 1. The molecule has 0 N–H and O–H groups in total. The fourth-order valence-electron chi connectivity index (χ4n) is 2.42. The van der Waals surface area contributed by atoms with E-state index in [-0.39, 0.29) is 17.0 Å². The van der Waals surface area contributed by atoms with Crippen molar-refractivity contribution in [3.63, 3.8) is 0 Å². The fraction of sp³-hybridized carbons (Fsp3) is 0.0476. The van der Waals surface area contributed by atoms with E-state index >= 15 is 0 Å². The van der Waals surface area contributed by atoms with Gasteiger partial charge in [-0.2, -0.15) is 0 Å². The summed E-state index contributed by atoms with van der Waals surface area (Å²) in [5.74, 6) is 0.296. The Kier molecular flexibility index (Phi) is 5.69. The molecule has 0 atom stereocenters. The first-order valence-electron chi connectivity index (χ1n) is 8.22. The number of hydrogen-bond donors (Lipinski definition) is 0. The second-order valence-electron chi connectivity index (χ2n) is 5.65. The number of ether oxygens (including phenoxy) is 1. The summed E-state index contributed by atoms with van der Waals surface area (Å²) in [7, 11) is 0. The van der Waals surface area contributed by atoms with Gasteiger partial charge in [-0.15, -0.1) is 0 Å². The number of benzene rings is 2. The first-order valence-corrected chi connectivity index (χ1v) is 8.22. The molecular formula is C21H16N2O4. The van der Waals surface area contributed by atoms with E-state index in [0.717, 1.165) is 11.3 Å². The Morgan fingerprint density at radius 2 is 1.89 bits per heavy atom. The highest BCUT2D eigenvalue weighted by Crippen LogP contribution is 2.21. The van der Waals surface area contributed by atoms with Crippen LogP contribution < -0.4 is 4.74 Å². The minimum Gasteiger partial charge on any atom is -0.487 e. The Hall–Kier alpha value is -3.80. The summed E-state index contributed by atoms with van der Waals surface area (Å²) in [6, 6.07) is 18.5. The lowest BCUT2D eigenvalue weighted by Gasteiger charge is -2.08. The predicted octanol–water partition coefficient (Wildman–Crippen LogP) is 4.46. The minimum absolute atomic E-state index is 0.117. The van der Waals surface area contributed by atoms with E-state index in [1.54, 1.807) is 24.4 Å². The second kappa shape index (κ2) is 8.53. The highest BCUT2D eigenvalue weighted by atomic mass is 16.6. The lowest BCUT2D eigenvalue weighted by molar-refractivity contribution is -0.384. The molecule has 27 heavy (non-hydrogen) atoms. The van der Waals surface area contributed by atoms with Crippen LogP contribution in [0.4, 0.5) is 5.69 Å². The molecule has 0 aliphatic rings. The largest absolute Gasteiger partial charge is 0.487 e. The fourth-order valence-corrected chi connectivity index (χ4v) is 2.42. The lowest BCUT2D eigenvalue weighted by atomic mass is 10.1. The van der Waals surface area contributed by atoms with Gasteiger partial charge in [-0.3, -0.25) is 19.9 Å². The van der Waals surface area contributed by atoms with Crippen molar-refractivity contribution in [1.82, 2.24) is 4.98 Å². The molecule has 134 valence electrons. The van der Waals surface area contributed by atoms with E-state index in [1.165, 1.54) is 24.3 Å². The van der Waals surface area contributed by atoms with Crippen LogP contribution in [0, 0.1) is 10.1 Å². The van der Waals surface area contributed by atoms with Crippen LogP contribution in [0.25, 0.3) is 6.08 Å². The van der Waals surface area contributed by atoms with Gasteiger partial charge in [-0.05, 0) is 30.4 Å². The Labute approximate surface area is 155 Å². The first kappa shape index (κ1) is 18.0. The number of ketones is 1. The molecule has 0 spiro atoms. The maximum absolute atomic E-state index is 12.3. The SMILES string of the molecule is O=C(/C=C/c1ccccc1OCc1ccccn1)c1cccc([N+](=O)[O-])c1. The van der Waals surface area contributed by atoms with Crippen LogP contribution in [0.5, 0.6) is 5.75 Å². The molecular weight excluding hydrogens is 344 g/mol. The topological polar surface area (TPSA) is 82.3 Å². The van der Waals surface area contributed by atoms with Gasteiger partial charge in [0, 0.05) is 29.5 Å². The van der Waals surface area contributed by atoms with Gasteiger partial charge >= 0.3 is 0 Å². The standard InChI is InChI=1S/C21H16N2O4/c24-20(17-7-5-9-19(14-17)23(25)26)12-11-16-6-1-2-10-21(16)27-15-18-8-3-4-13-22-18/h1-14H,15H2/b12-11+. The molecule has 0 amide bonds. The monoisotopic (exact) mass is 360 g/mol. The zero-order valence-electron chi connectivity index (χ0n) is 14.3. The molecule has 2 aromatic carbocycles. The highest BCUT2D eigenvalue weighted by molar-refractivity contribution is 6.07. The molecule has 0 bridgehead atoms. The molecule has 0 unspecified atom stereocenters. The molecule has 0 saturated carbocycles. The van der Waals surface area contributed by atoms with E-state index in [1.807, 2.05) is 36.4 Å². The average Bonchev–Trinajstić information content (AvgIpc) is 2.72. The third kappa shape index (κ3) is 4.85. The number of rotatable bonds is 7. The Balaban J connectivity index is 1.74. The summed E-state index contributed by atoms with van der Waals surface area (Å²) < 4.78 is 5.80. The minimum atomic E-state index is -0.527. The number of allylic oxidation sites excluding steroid dienone is 1. The second-order valence-corrected chi connectivity index (χ2v) is 5.65. The molecule has 6 heteroatoms. The van der Waals surface area contributed by atoms with Crippen molar-refractivity contribution in [2.24, 2.45) is 0 Å². The smallest absolute Gasteiger partial charge is 0.270 e. The maximum Gasteiger partial charge on any atom is 0.270 e. The summed E-state index contributed by atoms with van der Waals surface area (Å²) in [6.45, 7) is 0.310. The Morgan fingerprint density at radius 3 is 2.67 bits per heavy atom. The van der Waals surface area contributed by atoms with Gasteiger partial charge in [-0.1, -0.05) is 36.4 Å². The molecule has 0 aliphatic heterocycles. The van der Waals surface area contributed by atoms with Crippen molar-refractivity contribution < 1.29 is 14.5 Å². The number of non-ortho nitro benzene ring substituents is 1. The summed E-state index contributed by atoms with van der Waals surface area (Å²) in [5, 5.41) is 10.8. The van der Waals surface area contributed by atoms with Crippen molar-refractivity contribution in [3.05, 3.63) is 106 Å².